The van der Waals surface area contributed by atoms with Crippen molar-refractivity contribution in [3.63, 3.8) is 0 Å². The molecular weight excluding hydrogens is 476 g/mol. The van der Waals surface area contributed by atoms with Crippen molar-refractivity contribution in [3.05, 3.63) is 75.4 Å². The van der Waals surface area contributed by atoms with E-state index in [2.05, 4.69) is 45.7 Å². The molecule has 4 rings (SSSR count). The number of thioether (sulfide) groups is 1. The predicted molar refractivity (Wildman–Crippen MR) is 141 cm³/mol. The van der Waals surface area contributed by atoms with Crippen LogP contribution in [0.5, 0.6) is 11.5 Å². The average molecular weight is 505 g/mol. The SMILES string of the molecule is COc1cc(OC)cc(-c2nc(S/C(=C\c3cc(C)n(-c4c(C)cccc4C)c3C)C(=O)O)n[nH]2)c1. The number of hydrogen-bond donors (Lipinski definition) is 2. The molecule has 2 N–H and O–H groups in total. The number of carbonyl (C=O) groups is 1. The molecule has 0 aliphatic rings. The number of rotatable bonds is 8. The first-order valence-electron chi connectivity index (χ1n) is 11.3. The molecule has 0 radical (unpaired) electrons. The second-order valence-electron chi connectivity index (χ2n) is 8.39. The van der Waals surface area contributed by atoms with Crippen molar-refractivity contribution in [2.45, 2.75) is 32.9 Å². The third-order valence-corrected chi connectivity index (χ3v) is 6.80. The molecule has 0 saturated carbocycles. The Balaban J connectivity index is 1.67. The number of nitrogens with one attached hydrogen (secondary N) is 1. The largest absolute Gasteiger partial charge is 0.497 e. The third-order valence-electron chi connectivity index (χ3n) is 5.92. The molecule has 36 heavy (non-hydrogen) atoms. The van der Waals surface area contributed by atoms with Gasteiger partial charge in [0.05, 0.1) is 19.9 Å². The van der Waals surface area contributed by atoms with Gasteiger partial charge in [-0.2, -0.15) is 0 Å². The van der Waals surface area contributed by atoms with Crippen LogP contribution in [-0.2, 0) is 4.79 Å². The van der Waals surface area contributed by atoms with E-state index in [9.17, 15) is 9.90 Å². The molecule has 0 aliphatic carbocycles. The van der Waals surface area contributed by atoms with E-state index in [0.29, 0.717) is 28.0 Å². The van der Waals surface area contributed by atoms with E-state index in [-0.39, 0.29) is 4.91 Å². The fourth-order valence-electron chi connectivity index (χ4n) is 4.18. The second kappa shape index (κ2) is 10.3. The summed E-state index contributed by atoms with van der Waals surface area (Å²) in [6.07, 6.45) is 1.67. The van der Waals surface area contributed by atoms with Gasteiger partial charge in [0.1, 0.15) is 16.4 Å². The lowest BCUT2D eigenvalue weighted by Gasteiger charge is -2.15. The molecule has 0 spiro atoms. The average Bonchev–Trinajstić information content (AvgIpc) is 3.43. The standard InChI is InChI=1S/C27H28N4O4S/c1-15-8-7-9-16(2)24(15)31-17(3)10-19(18(31)4)13-23(26(32)33)36-27-28-25(29-30-27)20-11-21(34-5)14-22(12-20)35-6/h7-14H,1-6H3,(H,32,33)(H,28,29,30)/b23-13-. The molecule has 2 aromatic carbocycles. The van der Waals surface area contributed by atoms with Gasteiger partial charge in [-0.25, -0.2) is 9.78 Å². The Morgan fingerprint density at radius 2 is 1.67 bits per heavy atom. The maximum Gasteiger partial charge on any atom is 0.342 e. The summed E-state index contributed by atoms with van der Waals surface area (Å²) in [6.45, 7) is 8.17. The van der Waals surface area contributed by atoms with Crippen molar-refractivity contribution in [2.24, 2.45) is 0 Å². The second-order valence-corrected chi connectivity index (χ2v) is 9.40. The van der Waals surface area contributed by atoms with Crippen molar-refractivity contribution >= 4 is 23.8 Å². The van der Waals surface area contributed by atoms with E-state index >= 15 is 0 Å². The highest BCUT2D eigenvalue weighted by molar-refractivity contribution is 8.04. The van der Waals surface area contributed by atoms with Crippen LogP contribution < -0.4 is 9.47 Å². The number of benzene rings is 2. The van der Waals surface area contributed by atoms with E-state index in [1.165, 1.54) is 0 Å². The van der Waals surface area contributed by atoms with E-state index in [4.69, 9.17) is 9.47 Å². The number of aromatic nitrogens is 4. The molecule has 8 nitrogen and oxygen atoms in total. The number of aryl methyl sites for hydroxylation is 3. The van der Waals surface area contributed by atoms with Crippen molar-refractivity contribution in [3.8, 4) is 28.6 Å². The Kier molecular flexibility index (Phi) is 7.21. The number of nitrogens with zero attached hydrogens (tertiary/aromatic N) is 3. The predicted octanol–water partition coefficient (Wildman–Crippen LogP) is 5.73. The molecule has 4 aromatic rings. The van der Waals surface area contributed by atoms with Crippen molar-refractivity contribution in [2.75, 3.05) is 14.2 Å². The number of aliphatic carboxylic acids is 1. The summed E-state index contributed by atoms with van der Waals surface area (Å²) in [6, 6.07) is 13.5. The van der Waals surface area contributed by atoms with Gasteiger partial charge in [-0.15, -0.1) is 5.10 Å². The van der Waals surface area contributed by atoms with Gasteiger partial charge in [-0.05, 0) is 80.4 Å². The zero-order valence-electron chi connectivity index (χ0n) is 21.0. The van der Waals surface area contributed by atoms with Gasteiger partial charge in [0, 0.05) is 23.0 Å². The first-order valence-corrected chi connectivity index (χ1v) is 12.1. The molecule has 0 fully saturated rings. The van der Waals surface area contributed by atoms with E-state index in [1.54, 1.807) is 38.5 Å². The Morgan fingerprint density at radius 3 is 2.25 bits per heavy atom. The van der Waals surface area contributed by atoms with Gasteiger partial charge in [0.25, 0.3) is 0 Å². The highest BCUT2D eigenvalue weighted by atomic mass is 32.2. The number of para-hydroxylation sites is 1. The Hall–Kier alpha value is -3.98. The lowest BCUT2D eigenvalue weighted by atomic mass is 10.1. The van der Waals surface area contributed by atoms with Crippen LogP contribution in [0.4, 0.5) is 0 Å². The monoisotopic (exact) mass is 504 g/mol. The summed E-state index contributed by atoms with van der Waals surface area (Å²) in [7, 11) is 3.14. The highest BCUT2D eigenvalue weighted by Crippen LogP contribution is 2.33. The number of carboxylic acid groups (broad SMARTS) is 1. The molecule has 0 amide bonds. The number of H-pyrrole nitrogens is 1. The highest BCUT2D eigenvalue weighted by Gasteiger charge is 2.18. The van der Waals surface area contributed by atoms with Gasteiger partial charge in [0.15, 0.2) is 5.82 Å². The molecule has 0 saturated heterocycles. The Bertz CT molecular complexity index is 1430. The minimum absolute atomic E-state index is 0.116. The maximum absolute atomic E-state index is 12.1. The maximum atomic E-state index is 12.1. The van der Waals surface area contributed by atoms with Crippen LogP contribution in [0.1, 0.15) is 28.1 Å². The smallest absolute Gasteiger partial charge is 0.342 e. The minimum Gasteiger partial charge on any atom is -0.497 e. The number of carboxylic acids is 1. The molecule has 0 aliphatic heterocycles. The van der Waals surface area contributed by atoms with Crippen LogP contribution in [0.15, 0.2) is 52.5 Å². The van der Waals surface area contributed by atoms with Crippen molar-refractivity contribution in [1.29, 1.82) is 0 Å². The van der Waals surface area contributed by atoms with Crippen LogP contribution in [-0.4, -0.2) is 45.0 Å². The Morgan fingerprint density at radius 1 is 1.03 bits per heavy atom. The molecule has 9 heteroatoms. The van der Waals surface area contributed by atoms with Crippen molar-refractivity contribution in [1.82, 2.24) is 19.7 Å². The third kappa shape index (κ3) is 5.01. The lowest BCUT2D eigenvalue weighted by Crippen LogP contribution is -2.04. The zero-order valence-corrected chi connectivity index (χ0v) is 21.9. The topological polar surface area (TPSA) is 102 Å². The number of methoxy groups -OCH3 is 2. The minimum atomic E-state index is -1.05. The molecule has 2 heterocycles. The van der Waals surface area contributed by atoms with E-state index in [0.717, 1.165) is 45.5 Å². The van der Waals surface area contributed by atoms with Crippen LogP contribution in [0.2, 0.25) is 0 Å². The van der Waals surface area contributed by atoms with Crippen LogP contribution in [0, 0.1) is 27.7 Å². The normalized spacial score (nSPS) is 11.6. The summed E-state index contributed by atoms with van der Waals surface area (Å²) in [5.41, 5.74) is 6.95. The number of aromatic amines is 1. The molecule has 0 bridgehead atoms. The lowest BCUT2D eigenvalue weighted by molar-refractivity contribution is -0.131. The van der Waals surface area contributed by atoms with Crippen molar-refractivity contribution < 1.29 is 19.4 Å². The molecule has 0 atom stereocenters. The Labute approximate surface area is 214 Å². The molecule has 186 valence electrons. The molecule has 2 aromatic heterocycles. The summed E-state index contributed by atoms with van der Waals surface area (Å²) in [4.78, 5) is 16.7. The van der Waals surface area contributed by atoms with Gasteiger partial charge in [0.2, 0.25) is 5.16 Å². The first-order chi connectivity index (χ1) is 17.2. The van der Waals surface area contributed by atoms with Crippen LogP contribution >= 0.6 is 11.8 Å². The van der Waals surface area contributed by atoms with Crippen LogP contribution in [0.3, 0.4) is 0 Å². The van der Waals surface area contributed by atoms with Gasteiger partial charge < -0.3 is 19.1 Å². The van der Waals surface area contributed by atoms with Gasteiger partial charge in [-0.1, -0.05) is 18.2 Å². The molecule has 0 unspecified atom stereocenters. The van der Waals surface area contributed by atoms with Gasteiger partial charge >= 0.3 is 5.97 Å². The fourth-order valence-corrected chi connectivity index (χ4v) is 4.87. The number of hydrogen-bond acceptors (Lipinski definition) is 6. The summed E-state index contributed by atoms with van der Waals surface area (Å²) >= 11 is 0.989. The molecular formula is C27H28N4O4S. The van der Waals surface area contributed by atoms with E-state index < -0.39 is 5.97 Å². The zero-order chi connectivity index (χ0) is 26.0. The summed E-state index contributed by atoms with van der Waals surface area (Å²) in [5, 5.41) is 17.3. The summed E-state index contributed by atoms with van der Waals surface area (Å²) in [5.74, 6) is 0.652. The number of ether oxygens (including phenoxy) is 2. The first kappa shape index (κ1) is 25.1. The van der Waals surface area contributed by atoms with Gasteiger partial charge in [-0.3, -0.25) is 5.10 Å². The fraction of sp³-hybridized carbons (Fsp3) is 0.222. The van der Waals surface area contributed by atoms with E-state index in [1.807, 2.05) is 26.0 Å². The quantitative estimate of drug-likeness (QED) is 0.233. The summed E-state index contributed by atoms with van der Waals surface area (Å²) < 4.78 is 12.8. The van der Waals surface area contributed by atoms with Crippen LogP contribution in [0.25, 0.3) is 23.2 Å².